The van der Waals surface area contributed by atoms with E-state index in [0.29, 0.717) is 6.61 Å². The molecule has 1 N–H and O–H groups in total. The number of rotatable bonds is 5. The van der Waals surface area contributed by atoms with Crippen molar-refractivity contribution in [2.45, 2.75) is 25.5 Å². The summed E-state index contributed by atoms with van der Waals surface area (Å²) in [6.07, 6.45) is 2.47. The third-order valence-corrected chi connectivity index (χ3v) is 3.45. The first kappa shape index (κ1) is 13.1. The average Bonchev–Trinajstić information content (AvgIpc) is 2.99. The zero-order valence-corrected chi connectivity index (χ0v) is 11.5. The Morgan fingerprint density at radius 2 is 2.05 bits per heavy atom. The first-order valence-corrected chi connectivity index (χ1v) is 7.01. The Morgan fingerprint density at radius 1 is 1.20 bits per heavy atom. The summed E-state index contributed by atoms with van der Waals surface area (Å²) in [6, 6.07) is 11.8. The summed E-state index contributed by atoms with van der Waals surface area (Å²) < 4.78 is 17.3. The van der Waals surface area contributed by atoms with Gasteiger partial charge in [-0.3, -0.25) is 0 Å². The monoisotopic (exact) mass is 273 g/mol. The minimum atomic E-state index is -0.0186. The number of furan rings is 1. The highest BCUT2D eigenvalue weighted by molar-refractivity contribution is 5.40. The van der Waals surface area contributed by atoms with E-state index in [1.807, 2.05) is 36.4 Å². The van der Waals surface area contributed by atoms with Crippen LogP contribution in [0.4, 0.5) is 0 Å². The Hall–Kier alpha value is -1.94. The molecule has 2 heterocycles. The normalized spacial score (nSPS) is 18.8. The number of hydrogen-bond donors (Lipinski definition) is 1. The Labute approximate surface area is 118 Å². The van der Waals surface area contributed by atoms with Gasteiger partial charge in [-0.25, -0.2) is 0 Å². The van der Waals surface area contributed by atoms with Crippen LogP contribution < -0.4 is 14.8 Å². The van der Waals surface area contributed by atoms with Gasteiger partial charge >= 0.3 is 0 Å². The van der Waals surface area contributed by atoms with Crippen LogP contribution in [-0.2, 0) is 6.42 Å². The lowest BCUT2D eigenvalue weighted by molar-refractivity contribution is 0.0610. The maximum atomic E-state index is 6.07. The molecular weight excluding hydrogens is 254 g/mol. The Morgan fingerprint density at radius 3 is 2.80 bits per heavy atom. The van der Waals surface area contributed by atoms with Crippen molar-refractivity contribution >= 4 is 0 Å². The molecule has 0 radical (unpaired) electrons. The molecule has 1 aromatic heterocycles. The summed E-state index contributed by atoms with van der Waals surface area (Å²) in [7, 11) is 0. The molecule has 0 spiro atoms. The lowest BCUT2D eigenvalue weighted by atomic mass is 10.1. The predicted octanol–water partition coefficient (Wildman–Crippen LogP) is 2.64. The van der Waals surface area contributed by atoms with Crippen molar-refractivity contribution < 1.29 is 13.9 Å². The van der Waals surface area contributed by atoms with Crippen LogP contribution in [0.25, 0.3) is 0 Å². The molecule has 3 rings (SSSR count). The maximum absolute atomic E-state index is 6.07. The molecule has 0 saturated heterocycles. The van der Waals surface area contributed by atoms with Crippen molar-refractivity contribution in [1.82, 2.24) is 5.32 Å². The SMILES string of the molecule is CCNC(Cc1ccco1)C1COc2ccccc2O1. The molecule has 4 heteroatoms. The summed E-state index contributed by atoms with van der Waals surface area (Å²) in [5, 5.41) is 3.46. The number of hydrogen-bond acceptors (Lipinski definition) is 4. The van der Waals surface area contributed by atoms with Gasteiger partial charge in [0.2, 0.25) is 0 Å². The van der Waals surface area contributed by atoms with Crippen molar-refractivity contribution in [3.63, 3.8) is 0 Å². The van der Waals surface area contributed by atoms with Gasteiger partial charge < -0.3 is 19.2 Å². The molecule has 0 bridgehead atoms. The maximum Gasteiger partial charge on any atom is 0.161 e. The van der Waals surface area contributed by atoms with Gasteiger partial charge in [0.1, 0.15) is 18.5 Å². The van der Waals surface area contributed by atoms with E-state index in [2.05, 4.69) is 12.2 Å². The van der Waals surface area contributed by atoms with E-state index in [-0.39, 0.29) is 12.1 Å². The van der Waals surface area contributed by atoms with E-state index in [4.69, 9.17) is 13.9 Å². The predicted molar refractivity (Wildman–Crippen MR) is 76.2 cm³/mol. The third-order valence-electron chi connectivity index (χ3n) is 3.45. The van der Waals surface area contributed by atoms with Gasteiger partial charge in [-0.05, 0) is 30.8 Å². The second-order valence-corrected chi connectivity index (χ2v) is 4.86. The van der Waals surface area contributed by atoms with E-state index < -0.39 is 0 Å². The number of para-hydroxylation sites is 2. The van der Waals surface area contributed by atoms with Crippen LogP contribution in [0, 0.1) is 0 Å². The molecule has 0 aliphatic carbocycles. The molecule has 0 fully saturated rings. The average molecular weight is 273 g/mol. The third kappa shape index (κ3) is 2.80. The van der Waals surface area contributed by atoms with Crippen LogP contribution in [-0.4, -0.2) is 25.3 Å². The van der Waals surface area contributed by atoms with Gasteiger partial charge in [0.05, 0.1) is 12.3 Å². The van der Waals surface area contributed by atoms with E-state index in [1.54, 1.807) is 6.26 Å². The minimum absolute atomic E-state index is 0.0186. The van der Waals surface area contributed by atoms with Gasteiger partial charge in [-0.1, -0.05) is 19.1 Å². The van der Waals surface area contributed by atoms with Gasteiger partial charge in [-0.2, -0.15) is 0 Å². The number of fused-ring (bicyclic) bond motifs is 1. The standard InChI is InChI=1S/C16H19NO3/c1-2-17-13(10-12-6-5-9-18-12)16-11-19-14-7-3-4-8-15(14)20-16/h3-9,13,16-17H,2,10-11H2,1H3. The molecule has 2 unspecified atom stereocenters. The summed E-state index contributed by atoms with van der Waals surface area (Å²) in [6.45, 7) is 3.52. The summed E-state index contributed by atoms with van der Waals surface area (Å²) in [5.41, 5.74) is 0. The van der Waals surface area contributed by atoms with Crippen LogP contribution in [0.1, 0.15) is 12.7 Å². The van der Waals surface area contributed by atoms with Crippen LogP contribution in [0.3, 0.4) is 0 Å². The van der Waals surface area contributed by atoms with Gasteiger partial charge in [0.25, 0.3) is 0 Å². The van der Waals surface area contributed by atoms with Crippen LogP contribution >= 0.6 is 0 Å². The Bertz CT molecular complexity index is 538. The lowest BCUT2D eigenvalue weighted by Crippen LogP contribution is -2.49. The summed E-state index contributed by atoms with van der Waals surface area (Å²) in [5.74, 6) is 2.58. The molecule has 0 amide bonds. The molecule has 20 heavy (non-hydrogen) atoms. The molecule has 0 saturated carbocycles. The highest BCUT2D eigenvalue weighted by atomic mass is 16.6. The Kier molecular flexibility index (Phi) is 3.92. The largest absolute Gasteiger partial charge is 0.486 e. The molecule has 4 nitrogen and oxygen atoms in total. The number of nitrogens with one attached hydrogen (secondary N) is 1. The van der Waals surface area contributed by atoms with E-state index in [1.165, 1.54) is 0 Å². The minimum Gasteiger partial charge on any atom is -0.486 e. The number of likely N-dealkylation sites (N-methyl/N-ethyl adjacent to an activating group) is 1. The van der Waals surface area contributed by atoms with Crippen molar-refractivity contribution in [2.75, 3.05) is 13.2 Å². The van der Waals surface area contributed by atoms with Crippen molar-refractivity contribution in [2.24, 2.45) is 0 Å². The highest BCUT2D eigenvalue weighted by Gasteiger charge is 2.29. The van der Waals surface area contributed by atoms with Crippen molar-refractivity contribution in [1.29, 1.82) is 0 Å². The topological polar surface area (TPSA) is 43.6 Å². The van der Waals surface area contributed by atoms with E-state index in [0.717, 1.165) is 30.2 Å². The van der Waals surface area contributed by atoms with Crippen LogP contribution in [0.5, 0.6) is 11.5 Å². The lowest BCUT2D eigenvalue weighted by Gasteiger charge is -2.32. The fourth-order valence-corrected chi connectivity index (χ4v) is 2.48. The Balaban J connectivity index is 1.72. The summed E-state index contributed by atoms with van der Waals surface area (Å²) in [4.78, 5) is 0. The molecule has 106 valence electrons. The second-order valence-electron chi connectivity index (χ2n) is 4.86. The van der Waals surface area contributed by atoms with Gasteiger partial charge in [0, 0.05) is 6.42 Å². The number of benzene rings is 1. The van der Waals surface area contributed by atoms with E-state index >= 15 is 0 Å². The smallest absolute Gasteiger partial charge is 0.161 e. The van der Waals surface area contributed by atoms with Gasteiger partial charge in [-0.15, -0.1) is 0 Å². The quantitative estimate of drug-likeness (QED) is 0.909. The molecule has 1 aromatic carbocycles. The zero-order valence-electron chi connectivity index (χ0n) is 11.5. The van der Waals surface area contributed by atoms with Crippen molar-refractivity contribution in [3.8, 4) is 11.5 Å². The summed E-state index contributed by atoms with van der Waals surface area (Å²) >= 11 is 0. The fourth-order valence-electron chi connectivity index (χ4n) is 2.48. The van der Waals surface area contributed by atoms with Crippen LogP contribution in [0.2, 0.25) is 0 Å². The number of ether oxygens (including phenoxy) is 2. The van der Waals surface area contributed by atoms with Crippen molar-refractivity contribution in [3.05, 3.63) is 48.4 Å². The molecule has 1 aliphatic rings. The molecular formula is C16H19NO3. The molecule has 2 atom stereocenters. The van der Waals surface area contributed by atoms with Crippen LogP contribution in [0.15, 0.2) is 47.1 Å². The molecule has 1 aliphatic heterocycles. The van der Waals surface area contributed by atoms with Gasteiger partial charge in [0.15, 0.2) is 11.5 Å². The first-order valence-electron chi connectivity index (χ1n) is 7.01. The zero-order chi connectivity index (χ0) is 13.8. The highest BCUT2D eigenvalue weighted by Crippen LogP contribution is 2.32. The fraction of sp³-hybridized carbons (Fsp3) is 0.375. The molecule has 2 aromatic rings. The first-order chi connectivity index (χ1) is 9.86. The second kappa shape index (κ2) is 6.01. The van der Waals surface area contributed by atoms with E-state index in [9.17, 15) is 0 Å².